The molecule has 3 rings (SSSR count). The monoisotopic (exact) mass is 477 g/mol. The predicted molar refractivity (Wildman–Crippen MR) is 127 cm³/mol. The van der Waals surface area contributed by atoms with Crippen molar-refractivity contribution >= 4 is 33.0 Å². The van der Waals surface area contributed by atoms with Crippen molar-refractivity contribution in [3.8, 4) is 12.1 Å². The number of anilines is 2. The Hall–Kier alpha value is -4.29. The topological polar surface area (TPSA) is 144 Å². The van der Waals surface area contributed by atoms with Crippen molar-refractivity contribution in [3.05, 3.63) is 54.1 Å². The van der Waals surface area contributed by atoms with E-state index < -0.39 is 10.0 Å². The average molecular weight is 478 g/mol. The zero-order valence-electron chi connectivity index (χ0n) is 19.2. The van der Waals surface area contributed by atoms with Crippen LogP contribution in [0.4, 0.5) is 23.0 Å². The van der Waals surface area contributed by atoms with Crippen LogP contribution in [0.3, 0.4) is 0 Å². The van der Waals surface area contributed by atoms with Crippen molar-refractivity contribution in [1.29, 1.82) is 10.5 Å². The van der Waals surface area contributed by atoms with Gasteiger partial charge in [0.15, 0.2) is 11.4 Å². The predicted octanol–water partition coefficient (Wildman–Crippen LogP) is 3.65. The molecule has 0 N–H and O–H groups in total. The van der Waals surface area contributed by atoms with Crippen LogP contribution in [-0.2, 0) is 17.1 Å². The largest absolute Gasteiger partial charge is 0.372 e. The Balaban J connectivity index is 2.13. The molecular formula is C22H23N9O2S. The fourth-order valence-corrected chi connectivity index (χ4v) is 4.47. The summed E-state index contributed by atoms with van der Waals surface area (Å²) in [5.74, 6) is 0.0460. The van der Waals surface area contributed by atoms with Crippen LogP contribution in [0.5, 0.6) is 0 Å². The third-order valence-electron chi connectivity index (χ3n) is 5.25. The van der Waals surface area contributed by atoms with Crippen molar-refractivity contribution < 1.29 is 8.42 Å². The number of hydrogen-bond acceptors (Lipinski definition) is 9. The minimum absolute atomic E-state index is 0.0371. The quantitative estimate of drug-likeness (QED) is 0.450. The van der Waals surface area contributed by atoms with E-state index in [1.54, 1.807) is 25.2 Å². The van der Waals surface area contributed by atoms with Crippen LogP contribution in [0.1, 0.15) is 25.2 Å². The normalized spacial score (nSPS) is 11.2. The highest BCUT2D eigenvalue weighted by atomic mass is 32.2. The Morgan fingerprint density at radius 3 is 2.41 bits per heavy atom. The smallest absolute Gasteiger partial charge is 0.265 e. The third kappa shape index (κ3) is 4.58. The minimum Gasteiger partial charge on any atom is -0.372 e. The second-order valence-electron chi connectivity index (χ2n) is 7.10. The maximum atomic E-state index is 13.3. The maximum Gasteiger partial charge on any atom is 0.265 e. The molecule has 0 aliphatic rings. The molecule has 0 aliphatic carbocycles. The molecule has 0 saturated heterocycles. The van der Waals surface area contributed by atoms with Gasteiger partial charge in [0.2, 0.25) is 0 Å². The van der Waals surface area contributed by atoms with Gasteiger partial charge in [0, 0.05) is 45.3 Å². The first-order chi connectivity index (χ1) is 16.3. The van der Waals surface area contributed by atoms with Crippen molar-refractivity contribution in [3.63, 3.8) is 0 Å². The lowest BCUT2D eigenvalue weighted by Gasteiger charge is -2.25. The van der Waals surface area contributed by atoms with Gasteiger partial charge in [-0.25, -0.2) is 8.42 Å². The maximum absolute atomic E-state index is 13.3. The second-order valence-corrected chi connectivity index (χ2v) is 9.07. The van der Waals surface area contributed by atoms with Crippen LogP contribution in [-0.4, -0.2) is 43.1 Å². The SMILES string of the molecule is CCN(CC)c1ccc(N=Nc2nc(C#N)c(C#N)n2C)c(N(C)S(=O)(=O)c2cccnc2)c1. The molecule has 1 aromatic carbocycles. The number of nitriles is 2. The van der Waals surface area contributed by atoms with Crippen molar-refractivity contribution in [2.45, 2.75) is 18.7 Å². The van der Waals surface area contributed by atoms with Crippen molar-refractivity contribution in [2.75, 3.05) is 29.3 Å². The summed E-state index contributed by atoms with van der Waals surface area (Å²) in [6.07, 6.45) is 2.78. The van der Waals surface area contributed by atoms with E-state index >= 15 is 0 Å². The number of pyridine rings is 1. The fourth-order valence-electron chi connectivity index (χ4n) is 3.30. The number of rotatable bonds is 8. The van der Waals surface area contributed by atoms with Crippen LogP contribution in [0.2, 0.25) is 0 Å². The highest BCUT2D eigenvalue weighted by Crippen LogP contribution is 2.36. The molecule has 0 aliphatic heterocycles. The lowest BCUT2D eigenvalue weighted by molar-refractivity contribution is 0.594. The van der Waals surface area contributed by atoms with Gasteiger partial charge in [0.05, 0.1) is 5.69 Å². The first-order valence-corrected chi connectivity index (χ1v) is 11.8. The molecule has 0 spiro atoms. The summed E-state index contributed by atoms with van der Waals surface area (Å²) in [4.78, 5) is 10.1. The van der Waals surface area contributed by atoms with E-state index in [4.69, 9.17) is 0 Å². The summed E-state index contributed by atoms with van der Waals surface area (Å²) < 4.78 is 29.0. The molecule has 0 bridgehead atoms. The molecule has 34 heavy (non-hydrogen) atoms. The molecule has 0 saturated carbocycles. The Kier molecular flexibility index (Phi) is 7.24. The Labute approximate surface area is 198 Å². The molecule has 0 radical (unpaired) electrons. The van der Waals surface area contributed by atoms with Gasteiger partial charge in [-0.1, -0.05) is 0 Å². The summed E-state index contributed by atoms with van der Waals surface area (Å²) in [5, 5.41) is 26.8. The highest BCUT2D eigenvalue weighted by Gasteiger charge is 2.25. The van der Waals surface area contributed by atoms with Crippen LogP contribution in [0, 0.1) is 22.7 Å². The number of benzene rings is 1. The van der Waals surface area contributed by atoms with Gasteiger partial charge in [0.25, 0.3) is 16.0 Å². The molecule has 3 aromatic rings. The Bertz CT molecular complexity index is 1400. The van der Waals surface area contributed by atoms with Crippen LogP contribution >= 0.6 is 0 Å². The van der Waals surface area contributed by atoms with E-state index in [-0.39, 0.29) is 27.9 Å². The second kappa shape index (κ2) is 10.1. The van der Waals surface area contributed by atoms with Crippen molar-refractivity contribution in [1.82, 2.24) is 14.5 Å². The molecule has 12 heteroatoms. The van der Waals surface area contributed by atoms with E-state index in [1.165, 1.54) is 30.1 Å². The van der Waals surface area contributed by atoms with Crippen LogP contribution < -0.4 is 9.21 Å². The van der Waals surface area contributed by atoms with Crippen LogP contribution in [0.15, 0.2) is 57.8 Å². The average Bonchev–Trinajstić information content (AvgIpc) is 3.18. The standard InChI is InChI=1S/C22H23N9O2S/c1-5-31(6-2)16-9-10-18(27-28-22-26-19(13-23)21(14-24)29(22)3)20(12-16)30(4)34(32,33)17-8-7-11-25-15-17/h7-12,15H,5-6H2,1-4H3. The summed E-state index contributed by atoms with van der Waals surface area (Å²) in [5.41, 5.74) is 1.39. The fraction of sp³-hybridized carbons (Fsp3) is 0.273. The van der Waals surface area contributed by atoms with Gasteiger partial charge in [-0.3, -0.25) is 9.29 Å². The first kappa shape index (κ1) is 24.4. The third-order valence-corrected chi connectivity index (χ3v) is 7.01. The van der Waals surface area contributed by atoms with E-state index in [9.17, 15) is 18.9 Å². The van der Waals surface area contributed by atoms with Gasteiger partial charge in [0.1, 0.15) is 22.7 Å². The summed E-state index contributed by atoms with van der Waals surface area (Å²) in [7, 11) is -0.947. The van der Waals surface area contributed by atoms with E-state index in [0.29, 0.717) is 5.69 Å². The van der Waals surface area contributed by atoms with E-state index in [0.717, 1.165) is 23.1 Å². The molecule has 0 amide bonds. The number of hydrogen-bond donors (Lipinski definition) is 0. The number of aromatic nitrogens is 3. The van der Waals surface area contributed by atoms with Gasteiger partial charge in [-0.15, -0.1) is 10.2 Å². The molecule has 2 heterocycles. The molecule has 174 valence electrons. The van der Waals surface area contributed by atoms with Gasteiger partial charge >= 0.3 is 0 Å². The number of nitrogens with zero attached hydrogens (tertiary/aromatic N) is 9. The molecule has 0 unspecified atom stereocenters. The van der Waals surface area contributed by atoms with Gasteiger partial charge in [-0.2, -0.15) is 15.5 Å². The molecule has 2 aromatic heterocycles. The number of azo groups is 1. The lowest BCUT2D eigenvalue weighted by Crippen LogP contribution is -2.27. The lowest BCUT2D eigenvalue weighted by atomic mass is 10.2. The zero-order valence-corrected chi connectivity index (χ0v) is 20.0. The molecule has 11 nitrogen and oxygen atoms in total. The molecule has 0 atom stereocenters. The Morgan fingerprint density at radius 2 is 1.85 bits per heavy atom. The Morgan fingerprint density at radius 1 is 1.12 bits per heavy atom. The first-order valence-electron chi connectivity index (χ1n) is 10.3. The highest BCUT2D eigenvalue weighted by molar-refractivity contribution is 7.92. The van der Waals surface area contributed by atoms with Gasteiger partial charge in [-0.05, 0) is 44.2 Å². The summed E-state index contributed by atoms with van der Waals surface area (Å²) >= 11 is 0. The molecule has 0 fully saturated rings. The minimum atomic E-state index is -3.93. The zero-order chi connectivity index (χ0) is 24.9. The van der Waals surface area contributed by atoms with E-state index in [1.807, 2.05) is 32.1 Å². The number of sulfonamides is 1. The van der Waals surface area contributed by atoms with Crippen LogP contribution in [0.25, 0.3) is 0 Å². The van der Waals surface area contributed by atoms with Gasteiger partial charge < -0.3 is 9.47 Å². The summed E-state index contributed by atoms with van der Waals surface area (Å²) in [6, 6.07) is 12.0. The van der Waals surface area contributed by atoms with Crippen molar-refractivity contribution in [2.24, 2.45) is 17.3 Å². The summed E-state index contributed by atoms with van der Waals surface area (Å²) in [6.45, 7) is 5.48. The number of imidazole rings is 1. The van der Waals surface area contributed by atoms with E-state index in [2.05, 4.69) is 25.1 Å². The molecular weight excluding hydrogens is 454 g/mol.